The second-order valence-corrected chi connectivity index (χ2v) is 6.85. The van der Waals surface area contributed by atoms with Crippen LogP contribution in [0.4, 0.5) is 5.69 Å². The number of carbonyl (C=O) groups is 3. The first-order valence-corrected chi connectivity index (χ1v) is 9.49. The van der Waals surface area contributed by atoms with Gasteiger partial charge >= 0.3 is 5.97 Å². The van der Waals surface area contributed by atoms with Crippen molar-refractivity contribution >= 4 is 34.9 Å². The van der Waals surface area contributed by atoms with Crippen LogP contribution in [0.1, 0.15) is 30.1 Å². The van der Waals surface area contributed by atoms with E-state index in [9.17, 15) is 14.4 Å². The molecule has 8 heteroatoms. The molecule has 1 aliphatic heterocycles. The van der Waals surface area contributed by atoms with Crippen molar-refractivity contribution in [2.75, 3.05) is 18.5 Å². The predicted molar refractivity (Wildman–Crippen MR) is 107 cm³/mol. The molecule has 2 aromatic rings. The lowest BCUT2D eigenvalue weighted by molar-refractivity contribution is -0.153. The Morgan fingerprint density at radius 3 is 2.45 bits per heavy atom. The fourth-order valence-electron chi connectivity index (χ4n) is 2.67. The van der Waals surface area contributed by atoms with Crippen LogP contribution in [0.3, 0.4) is 0 Å². The van der Waals surface area contributed by atoms with E-state index < -0.39 is 18.0 Å². The average Bonchev–Trinajstić information content (AvgIpc) is 2.72. The first-order valence-electron chi connectivity index (χ1n) is 9.11. The summed E-state index contributed by atoms with van der Waals surface area (Å²) in [5.41, 5.74) is 0.965. The predicted octanol–water partition coefficient (Wildman–Crippen LogP) is 3.64. The highest BCUT2D eigenvalue weighted by molar-refractivity contribution is 6.30. The number of anilines is 1. The Morgan fingerprint density at radius 2 is 1.72 bits per heavy atom. The molecule has 0 radical (unpaired) electrons. The molecular formula is C21H20ClNO6. The van der Waals surface area contributed by atoms with Gasteiger partial charge in [-0.25, -0.2) is 0 Å². The Bertz CT molecular complexity index is 912. The van der Waals surface area contributed by atoms with Crippen LogP contribution < -0.4 is 14.8 Å². The molecule has 1 heterocycles. The third kappa shape index (κ3) is 5.71. The molecule has 152 valence electrons. The van der Waals surface area contributed by atoms with Crippen molar-refractivity contribution in [3.05, 3.63) is 53.1 Å². The Balaban J connectivity index is 1.47. The molecule has 0 bridgehead atoms. The summed E-state index contributed by atoms with van der Waals surface area (Å²) in [6.45, 7) is 2.38. The summed E-state index contributed by atoms with van der Waals surface area (Å²) in [4.78, 5) is 36.3. The van der Waals surface area contributed by atoms with Crippen molar-refractivity contribution in [3.63, 3.8) is 0 Å². The highest BCUT2D eigenvalue weighted by Crippen LogP contribution is 2.32. The number of fused-ring (bicyclic) bond motifs is 1. The average molecular weight is 418 g/mol. The van der Waals surface area contributed by atoms with Crippen molar-refractivity contribution in [2.45, 2.75) is 25.9 Å². The number of Topliss-reactive ketones (excluding diaryl/α,β-unsaturated/α-hetero) is 1. The number of amides is 1. The number of ketones is 1. The van der Waals surface area contributed by atoms with E-state index in [4.69, 9.17) is 25.8 Å². The third-order valence-electron chi connectivity index (χ3n) is 4.21. The maximum Gasteiger partial charge on any atom is 0.307 e. The summed E-state index contributed by atoms with van der Waals surface area (Å²) < 4.78 is 16.0. The standard InChI is InChI=1S/C21H20ClNO6/c1-13(21(26)23-16-6-8-18-19(12-16)28-11-10-27-18)29-20(25)9-7-17(24)14-2-4-15(22)5-3-14/h2-6,8,12-13H,7,9-11H2,1H3,(H,23,26)/t13-/m0/s1. The van der Waals surface area contributed by atoms with Crippen molar-refractivity contribution in [3.8, 4) is 11.5 Å². The summed E-state index contributed by atoms with van der Waals surface area (Å²) in [7, 11) is 0. The number of esters is 1. The number of nitrogens with one attached hydrogen (secondary N) is 1. The zero-order chi connectivity index (χ0) is 20.8. The van der Waals surface area contributed by atoms with Crippen LogP contribution in [0.25, 0.3) is 0 Å². The van der Waals surface area contributed by atoms with Gasteiger partial charge in [0.25, 0.3) is 5.91 Å². The van der Waals surface area contributed by atoms with Gasteiger partial charge in [0.05, 0.1) is 6.42 Å². The molecule has 3 rings (SSSR count). The van der Waals surface area contributed by atoms with Gasteiger partial charge in [-0.3, -0.25) is 14.4 Å². The zero-order valence-electron chi connectivity index (χ0n) is 15.8. The van der Waals surface area contributed by atoms with Crippen LogP contribution in [0.2, 0.25) is 5.02 Å². The fraction of sp³-hybridized carbons (Fsp3) is 0.286. The highest BCUT2D eigenvalue weighted by Gasteiger charge is 2.20. The molecule has 1 N–H and O–H groups in total. The Labute approximate surface area is 172 Å². The highest BCUT2D eigenvalue weighted by atomic mass is 35.5. The largest absolute Gasteiger partial charge is 0.486 e. The van der Waals surface area contributed by atoms with E-state index in [-0.39, 0.29) is 18.6 Å². The molecule has 0 saturated heterocycles. The molecule has 0 spiro atoms. The molecular weight excluding hydrogens is 398 g/mol. The van der Waals surface area contributed by atoms with E-state index in [1.165, 1.54) is 6.92 Å². The van der Waals surface area contributed by atoms with E-state index in [0.717, 1.165) is 0 Å². The van der Waals surface area contributed by atoms with Crippen molar-refractivity contribution in [2.24, 2.45) is 0 Å². The maximum absolute atomic E-state index is 12.3. The molecule has 1 atom stereocenters. The van der Waals surface area contributed by atoms with Gasteiger partial charge in [0.15, 0.2) is 23.4 Å². The minimum absolute atomic E-state index is 0.0169. The summed E-state index contributed by atoms with van der Waals surface area (Å²) >= 11 is 5.79. The third-order valence-corrected chi connectivity index (χ3v) is 4.46. The second kappa shape index (κ2) is 9.43. The van der Waals surface area contributed by atoms with Gasteiger partial charge in [0, 0.05) is 28.8 Å². The van der Waals surface area contributed by atoms with Gasteiger partial charge in [-0.1, -0.05) is 11.6 Å². The number of benzene rings is 2. The van der Waals surface area contributed by atoms with Gasteiger partial charge in [-0.15, -0.1) is 0 Å². The number of halogens is 1. The molecule has 0 aliphatic carbocycles. The van der Waals surface area contributed by atoms with Crippen LogP contribution >= 0.6 is 11.6 Å². The molecule has 0 unspecified atom stereocenters. The quantitative estimate of drug-likeness (QED) is 0.546. The summed E-state index contributed by atoms with van der Waals surface area (Å²) in [6.07, 6.45) is -1.15. The molecule has 1 amide bonds. The van der Waals surface area contributed by atoms with Crippen LogP contribution in [0, 0.1) is 0 Å². The Kier molecular flexibility index (Phi) is 6.72. The van der Waals surface area contributed by atoms with Crippen molar-refractivity contribution in [1.29, 1.82) is 0 Å². The molecule has 0 fully saturated rings. The smallest absolute Gasteiger partial charge is 0.307 e. The minimum atomic E-state index is -1.01. The van der Waals surface area contributed by atoms with Crippen LogP contribution in [-0.4, -0.2) is 37.0 Å². The van der Waals surface area contributed by atoms with E-state index in [1.54, 1.807) is 42.5 Å². The number of rotatable bonds is 7. The van der Waals surface area contributed by atoms with Gasteiger partial charge in [0.2, 0.25) is 0 Å². The van der Waals surface area contributed by atoms with Crippen LogP contribution in [-0.2, 0) is 14.3 Å². The minimum Gasteiger partial charge on any atom is -0.486 e. The molecule has 7 nitrogen and oxygen atoms in total. The summed E-state index contributed by atoms with van der Waals surface area (Å²) in [5, 5.41) is 3.19. The van der Waals surface area contributed by atoms with E-state index >= 15 is 0 Å². The fourth-order valence-corrected chi connectivity index (χ4v) is 2.80. The Morgan fingerprint density at radius 1 is 1.03 bits per heavy atom. The van der Waals surface area contributed by atoms with Gasteiger partial charge in [0.1, 0.15) is 13.2 Å². The molecule has 2 aromatic carbocycles. The van der Waals surface area contributed by atoms with Crippen molar-refractivity contribution in [1.82, 2.24) is 0 Å². The SMILES string of the molecule is C[C@H](OC(=O)CCC(=O)c1ccc(Cl)cc1)C(=O)Nc1ccc2c(c1)OCCO2. The topological polar surface area (TPSA) is 90.9 Å². The number of hydrogen-bond donors (Lipinski definition) is 1. The lowest BCUT2D eigenvalue weighted by Crippen LogP contribution is -2.30. The van der Waals surface area contributed by atoms with Crippen molar-refractivity contribution < 1.29 is 28.6 Å². The van der Waals surface area contributed by atoms with E-state index in [2.05, 4.69) is 5.32 Å². The lowest BCUT2D eigenvalue weighted by atomic mass is 10.1. The lowest BCUT2D eigenvalue weighted by Gasteiger charge is -2.19. The zero-order valence-corrected chi connectivity index (χ0v) is 16.5. The second-order valence-electron chi connectivity index (χ2n) is 6.41. The first kappa shape index (κ1) is 20.7. The monoisotopic (exact) mass is 417 g/mol. The molecule has 29 heavy (non-hydrogen) atoms. The summed E-state index contributed by atoms with van der Waals surface area (Å²) in [5.74, 6) is -0.165. The number of ether oxygens (including phenoxy) is 3. The van der Waals surface area contributed by atoms with Gasteiger partial charge < -0.3 is 19.5 Å². The normalized spacial score (nSPS) is 13.3. The van der Waals surface area contributed by atoms with Gasteiger partial charge in [-0.2, -0.15) is 0 Å². The number of carbonyl (C=O) groups excluding carboxylic acids is 3. The summed E-state index contributed by atoms with van der Waals surface area (Å²) in [6, 6.07) is 11.4. The number of hydrogen-bond acceptors (Lipinski definition) is 6. The van der Waals surface area contributed by atoms with E-state index in [1.807, 2.05) is 0 Å². The van der Waals surface area contributed by atoms with Gasteiger partial charge in [-0.05, 0) is 43.3 Å². The molecule has 1 aliphatic rings. The molecule has 0 aromatic heterocycles. The van der Waals surface area contributed by atoms with E-state index in [0.29, 0.717) is 41.0 Å². The Hall–Kier alpha value is -3.06. The first-order chi connectivity index (χ1) is 13.9. The van der Waals surface area contributed by atoms with Crippen LogP contribution in [0.15, 0.2) is 42.5 Å². The molecule has 0 saturated carbocycles. The van der Waals surface area contributed by atoms with Crippen LogP contribution in [0.5, 0.6) is 11.5 Å². The maximum atomic E-state index is 12.3.